The number of thiophene rings is 1. The Balaban J connectivity index is 1.59. The third kappa shape index (κ3) is 2.89. The minimum Gasteiger partial charge on any atom is -0.353 e. The minimum absolute atomic E-state index is 0.0367. The minimum atomic E-state index is -3.36. The van der Waals surface area contributed by atoms with Crippen molar-refractivity contribution in [2.24, 2.45) is 5.92 Å². The zero-order valence-corrected chi connectivity index (χ0v) is 12.8. The highest BCUT2D eigenvalue weighted by atomic mass is 32.2. The number of hydrogen-bond acceptors (Lipinski definition) is 4. The van der Waals surface area contributed by atoms with E-state index in [-0.39, 0.29) is 11.8 Å². The summed E-state index contributed by atoms with van der Waals surface area (Å²) in [5.41, 5.74) is 0. The number of carbonyl (C=O) groups excluding carboxylic acids is 1. The van der Waals surface area contributed by atoms with Crippen LogP contribution in [0.2, 0.25) is 0 Å². The van der Waals surface area contributed by atoms with E-state index < -0.39 is 10.0 Å². The number of piperidine rings is 1. The second-order valence-electron chi connectivity index (χ2n) is 5.39. The van der Waals surface area contributed by atoms with Gasteiger partial charge in [0, 0.05) is 25.0 Å². The summed E-state index contributed by atoms with van der Waals surface area (Å²) in [5.74, 6) is 0.0612. The van der Waals surface area contributed by atoms with Crippen LogP contribution in [0, 0.1) is 5.92 Å². The first-order chi connectivity index (χ1) is 9.57. The molecule has 5 nitrogen and oxygen atoms in total. The molecule has 0 unspecified atom stereocenters. The maximum Gasteiger partial charge on any atom is 0.252 e. The van der Waals surface area contributed by atoms with Crippen molar-refractivity contribution in [1.29, 1.82) is 0 Å². The molecule has 0 radical (unpaired) electrons. The third-order valence-corrected chi connectivity index (χ3v) is 7.11. The number of rotatable bonds is 4. The smallest absolute Gasteiger partial charge is 0.252 e. The summed E-state index contributed by atoms with van der Waals surface area (Å²) in [6, 6.07) is 3.75. The molecule has 1 saturated heterocycles. The van der Waals surface area contributed by atoms with Gasteiger partial charge in [-0.1, -0.05) is 6.07 Å². The van der Waals surface area contributed by atoms with Crippen LogP contribution in [0.4, 0.5) is 0 Å². The van der Waals surface area contributed by atoms with Gasteiger partial charge >= 0.3 is 0 Å². The van der Waals surface area contributed by atoms with E-state index in [2.05, 4.69) is 5.32 Å². The summed E-state index contributed by atoms with van der Waals surface area (Å²) >= 11 is 1.24. The normalized spacial score (nSPS) is 21.8. The molecule has 0 aromatic carbocycles. The van der Waals surface area contributed by atoms with Crippen LogP contribution in [0.1, 0.15) is 25.7 Å². The summed E-state index contributed by atoms with van der Waals surface area (Å²) in [7, 11) is -3.36. The van der Waals surface area contributed by atoms with Gasteiger partial charge in [0.05, 0.1) is 0 Å². The highest BCUT2D eigenvalue weighted by molar-refractivity contribution is 7.91. The van der Waals surface area contributed by atoms with E-state index in [0.717, 1.165) is 12.8 Å². The molecule has 20 heavy (non-hydrogen) atoms. The summed E-state index contributed by atoms with van der Waals surface area (Å²) < 4.78 is 26.6. The van der Waals surface area contributed by atoms with Gasteiger partial charge in [0.1, 0.15) is 4.21 Å². The molecular formula is C13H18N2O3S2. The molecule has 110 valence electrons. The molecule has 1 aromatic rings. The molecule has 2 aliphatic rings. The van der Waals surface area contributed by atoms with Gasteiger partial charge in [-0.15, -0.1) is 11.3 Å². The molecule has 7 heteroatoms. The number of sulfonamides is 1. The van der Waals surface area contributed by atoms with Gasteiger partial charge in [-0.05, 0) is 37.1 Å². The van der Waals surface area contributed by atoms with Crippen molar-refractivity contribution in [2.45, 2.75) is 35.9 Å². The second kappa shape index (κ2) is 5.46. The number of hydrogen-bond donors (Lipinski definition) is 1. The Hall–Kier alpha value is -0.920. The Kier molecular flexibility index (Phi) is 3.83. The molecule has 2 heterocycles. The monoisotopic (exact) mass is 314 g/mol. The van der Waals surface area contributed by atoms with Gasteiger partial charge in [0.25, 0.3) is 10.0 Å². The fourth-order valence-corrected chi connectivity index (χ4v) is 5.06. The summed E-state index contributed by atoms with van der Waals surface area (Å²) in [4.78, 5) is 12.0. The van der Waals surface area contributed by atoms with Crippen LogP contribution in [0.5, 0.6) is 0 Å². The van der Waals surface area contributed by atoms with Crippen LogP contribution in [-0.4, -0.2) is 37.8 Å². The fraction of sp³-hybridized carbons (Fsp3) is 0.615. The highest BCUT2D eigenvalue weighted by Crippen LogP contribution is 2.27. The first-order valence-electron chi connectivity index (χ1n) is 6.91. The predicted molar refractivity (Wildman–Crippen MR) is 77.0 cm³/mol. The first kappa shape index (κ1) is 14.0. The molecule has 1 saturated carbocycles. The van der Waals surface area contributed by atoms with E-state index in [4.69, 9.17) is 0 Å². The number of nitrogens with one attached hydrogen (secondary N) is 1. The lowest BCUT2D eigenvalue weighted by molar-refractivity contribution is -0.126. The molecule has 1 aliphatic heterocycles. The molecule has 0 spiro atoms. The fourth-order valence-electron chi connectivity index (χ4n) is 2.44. The SMILES string of the molecule is O=C(NC1CC1)C1CCN(S(=O)(=O)c2cccs2)CC1. The van der Waals surface area contributed by atoms with Crippen molar-refractivity contribution < 1.29 is 13.2 Å². The number of nitrogens with zero attached hydrogens (tertiary/aromatic N) is 1. The van der Waals surface area contributed by atoms with Crippen LogP contribution in [0.25, 0.3) is 0 Å². The quantitative estimate of drug-likeness (QED) is 0.914. The average molecular weight is 314 g/mol. The zero-order chi connectivity index (χ0) is 14.2. The van der Waals surface area contributed by atoms with Crippen molar-refractivity contribution in [3.63, 3.8) is 0 Å². The van der Waals surface area contributed by atoms with E-state index in [1.54, 1.807) is 17.5 Å². The van der Waals surface area contributed by atoms with Crippen LogP contribution in [0.3, 0.4) is 0 Å². The Morgan fingerprint density at radius 2 is 1.95 bits per heavy atom. The van der Waals surface area contributed by atoms with Crippen LogP contribution >= 0.6 is 11.3 Å². The Morgan fingerprint density at radius 3 is 2.50 bits per heavy atom. The average Bonchev–Trinajstić information content (AvgIpc) is 3.08. The maximum atomic E-state index is 12.3. The summed E-state index contributed by atoms with van der Waals surface area (Å²) in [6.45, 7) is 0.867. The maximum absolute atomic E-state index is 12.3. The largest absolute Gasteiger partial charge is 0.353 e. The molecule has 1 amide bonds. The van der Waals surface area contributed by atoms with E-state index in [0.29, 0.717) is 36.2 Å². The van der Waals surface area contributed by atoms with Crippen LogP contribution in [-0.2, 0) is 14.8 Å². The van der Waals surface area contributed by atoms with Gasteiger partial charge < -0.3 is 5.32 Å². The molecule has 1 N–H and O–H groups in total. The van der Waals surface area contributed by atoms with Crippen molar-refractivity contribution in [1.82, 2.24) is 9.62 Å². The molecule has 0 bridgehead atoms. The third-order valence-electron chi connectivity index (χ3n) is 3.84. The van der Waals surface area contributed by atoms with Crippen molar-refractivity contribution in [3.05, 3.63) is 17.5 Å². The molecule has 2 fully saturated rings. The molecule has 1 aliphatic carbocycles. The van der Waals surface area contributed by atoms with E-state index >= 15 is 0 Å². The lowest BCUT2D eigenvalue weighted by Gasteiger charge is -2.30. The highest BCUT2D eigenvalue weighted by Gasteiger charge is 2.34. The summed E-state index contributed by atoms with van der Waals surface area (Å²) in [6.07, 6.45) is 3.39. The topological polar surface area (TPSA) is 66.5 Å². The van der Waals surface area contributed by atoms with Crippen molar-refractivity contribution in [3.8, 4) is 0 Å². The van der Waals surface area contributed by atoms with Crippen molar-refractivity contribution in [2.75, 3.05) is 13.1 Å². The lowest BCUT2D eigenvalue weighted by Crippen LogP contribution is -2.43. The van der Waals surface area contributed by atoms with Gasteiger partial charge in [-0.3, -0.25) is 4.79 Å². The Bertz CT molecular complexity index is 571. The van der Waals surface area contributed by atoms with Crippen LogP contribution in [0.15, 0.2) is 21.7 Å². The van der Waals surface area contributed by atoms with Gasteiger partial charge in [-0.2, -0.15) is 4.31 Å². The Labute approximate surface area is 123 Å². The Morgan fingerprint density at radius 1 is 1.25 bits per heavy atom. The number of carbonyl (C=O) groups is 1. The summed E-state index contributed by atoms with van der Waals surface area (Å²) in [5, 5.41) is 4.77. The van der Waals surface area contributed by atoms with Crippen LogP contribution < -0.4 is 5.32 Å². The molecule has 0 atom stereocenters. The standard InChI is InChI=1S/C13H18N2O3S2/c16-13(14-11-3-4-11)10-5-7-15(8-6-10)20(17,18)12-2-1-9-19-12/h1-2,9-11H,3-8H2,(H,14,16). The van der Waals surface area contributed by atoms with Gasteiger partial charge in [-0.25, -0.2) is 8.42 Å². The van der Waals surface area contributed by atoms with E-state index in [1.807, 2.05) is 0 Å². The molecule has 3 rings (SSSR count). The van der Waals surface area contributed by atoms with Crippen molar-refractivity contribution >= 4 is 27.3 Å². The first-order valence-corrected chi connectivity index (χ1v) is 9.23. The number of amides is 1. The lowest BCUT2D eigenvalue weighted by atomic mass is 9.97. The van der Waals surface area contributed by atoms with Gasteiger partial charge in [0.2, 0.25) is 5.91 Å². The van der Waals surface area contributed by atoms with E-state index in [1.165, 1.54) is 15.6 Å². The van der Waals surface area contributed by atoms with Gasteiger partial charge in [0.15, 0.2) is 0 Å². The predicted octanol–water partition coefficient (Wildman–Crippen LogP) is 1.43. The zero-order valence-electron chi connectivity index (χ0n) is 11.1. The molecule has 1 aromatic heterocycles. The molecular weight excluding hydrogens is 296 g/mol. The van der Waals surface area contributed by atoms with E-state index in [9.17, 15) is 13.2 Å². The second-order valence-corrected chi connectivity index (χ2v) is 8.51.